The van der Waals surface area contributed by atoms with Crippen LogP contribution in [0.5, 0.6) is 11.5 Å². The Hall–Kier alpha value is -1.86. The number of carbonyl (C=O) groups is 1. The molecule has 1 aromatic carbocycles. The second-order valence-electron chi connectivity index (χ2n) is 5.65. The number of ether oxygens (including phenoxy) is 2. The van der Waals surface area contributed by atoms with Gasteiger partial charge in [0.2, 0.25) is 6.79 Å². The summed E-state index contributed by atoms with van der Waals surface area (Å²) < 4.78 is 10.6. The molecule has 0 saturated carbocycles. The first-order valence-electron chi connectivity index (χ1n) is 7.90. The lowest BCUT2D eigenvalue weighted by Crippen LogP contribution is -2.36. The normalized spacial score (nSPS) is 19.8. The van der Waals surface area contributed by atoms with E-state index < -0.39 is 0 Å². The topological polar surface area (TPSA) is 50.8 Å². The number of urea groups is 1. The third kappa shape index (κ3) is 3.32. The monoisotopic (exact) mass is 362 g/mol. The van der Waals surface area contributed by atoms with E-state index in [0.29, 0.717) is 11.0 Å². The van der Waals surface area contributed by atoms with Crippen molar-refractivity contribution in [1.82, 2.24) is 4.90 Å². The molecule has 2 aliphatic heterocycles. The van der Waals surface area contributed by atoms with E-state index in [2.05, 4.69) is 22.8 Å². The van der Waals surface area contributed by atoms with Crippen LogP contribution >= 0.6 is 23.1 Å². The minimum atomic E-state index is -0.0544. The zero-order valence-electron chi connectivity index (χ0n) is 13.1. The van der Waals surface area contributed by atoms with Crippen LogP contribution in [0.25, 0.3) is 0 Å². The van der Waals surface area contributed by atoms with Crippen LogP contribution < -0.4 is 14.8 Å². The Morgan fingerprint density at radius 1 is 1.21 bits per heavy atom. The molecule has 24 heavy (non-hydrogen) atoms. The average Bonchev–Trinajstić information content (AvgIpc) is 3.22. The van der Waals surface area contributed by atoms with Gasteiger partial charge in [-0.3, -0.25) is 0 Å². The molecule has 1 N–H and O–H groups in total. The van der Waals surface area contributed by atoms with Crippen molar-refractivity contribution in [2.75, 3.05) is 31.0 Å². The van der Waals surface area contributed by atoms with Crippen molar-refractivity contribution in [2.45, 2.75) is 11.7 Å². The van der Waals surface area contributed by atoms with Crippen LogP contribution in [0.2, 0.25) is 0 Å². The molecule has 7 heteroatoms. The van der Waals surface area contributed by atoms with Crippen LogP contribution in [-0.2, 0) is 0 Å². The van der Waals surface area contributed by atoms with Crippen molar-refractivity contribution < 1.29 is 14.3 Å². The first kappa shape index (κ1) is 15.7. The van der Waals surface area contributed by atoms with E-state index in [1.165, 1.54) is 4.88 Å². The molecule has 0 aliphatic carbocycles. The minimum absolute atomic E-state index is 0.0544. The first-order chi connectivity index (χ1) is 11.8. The Morgan fingerprint density at radius 3 is 3.00 bits per heavy atom. The number of nitrogens with zero attached hydrogens (tertiary/aromatic N) is 1. The fraction of sp³-hybridized carbons (Fsp3) is 0.353. The number of hydrogen-bond acceptors (Lipinski definition) is 5. The maximum absolute atomic E-state index is 12.5. The molecule has 2 aromatic rings. The minimum Gasteiger partial charge on any atom is -0.454 e. The summed E-state index contributed by atoms with van der Waals surface area (Å²) in [5, 5.41) is 5.57. The van der Waals surface area contributed by atoms with Gasteiger partial charge in [-0.1, -0.05) is 6.07 Å². The molecule has 4 rings (SSSR count). The highest BCUT2D eigenvalue weighted by molar-refractivity contribution is 7.99. The van der Waals surface area contributed by atoms with Gasteiger partial charge in [0.25, 0.3) is 0 Å². The summed E-state index contributed by atoms with van der Waals surface area (Å²) in [7, 11) is 0. The molecular formula is C17H18N2O3S2. The summed E-state index contributed by atoms with van der Waals surface area (Å²) in [6.45, 7) is 1.77. The molecule has 126 valence electrons. The first-order valence-corrected chi connectivity index (χ1v) is 9.83. The van der Waals surface area contributed by atoms with Gasteiger partial charge in [0.15, 0.2) is 11.5 Å². The number of fused-ring (bicyclic) bond motifs is 1. The Balaban J connectivity index is 1.38. The van der Waals surface area contributed by atoms with Gasteiger partial charge >= 0.3 is 6.03 Å². The van der Waals surface area contributed by atoms with E-state index >= 15 is 0 Å². The van der Waals surface area contributed by atoms with Crippen LogP contribution in [0.3, 0.4) is 0 Å². The van der Waals surface area contributed by atoms with Crippen LogP contribution in [0.4, 0.5) is 10.5 Å². The fourth-order valence-corrected chi connectivity index (χ4v) is 5.09. The van der Waals surface area contributed by atoms with E-state index in [4.69, 9.17) is 9.47 Å². The van der Waals surface area contributed by atoms with E-state index in [1.807, 2.05) is 28.8 Å². The van der Waals surface area contributed by atoms with Gasteiger partial charge in [0.1, 0.15) is 0 Å². The number of thioether (sulfide) groups is 1. The molecule has 1 saturated heterocycles. The van der Waals surface area contributed by atoms with Crippen LogP contribution in [0.15, 0.2) is 35.7 Å². The zero-order chi connectivity index (χ0) is 16.4. The van der Waals surface area contributed by atoms with Crippen LogP contribution in [0, 0.1) is 0 Å². The number of amides is 2. The molecule has 5 nitrogen and oxygen atoms in total. The molecule has 2 amide bonds. The Bertz CT molecular complexity index is 721. The van der Waals surface area contributed by atoms with E-state index in [9.17, 15) is 4.79 Å². The molecule has 1 atom stereocenters. The van der Waals surface area contributed by atoms with Crippen molar-refractivity contribution in [3.05, 3.63) is 40.6 Å². The van der Waals surface area contributed by atoms with Gasteiger partial charge in [-0.05, 0) is 30.0 Å². The zero-order valence-corrected chi connectivity index (χ0v) is 14.7. The van der Waals surface area contributed by atoms with Gasteiger partial charge in [-0.25, -0.2) is 4.79 Å². The largest absolute Gasteiger partial charge is 0.454 e. The second-order valence-corrected chi connectivity index (χ2v) is 7.94. The number of anilines is 1. The molecule has 0 bridgehead atoms. The summed E-state index contributed by atoms with van der Waals surface area (Å²) in [5.41, 5.74) is 0.732. The molecule has 1 aromatic heterocycles. The van der Waals surface area contributed by atoms with Gasteiger partial charge in [-0.2, -0.15) is 11.8 Å². The number of carbonyl (C=O) groups excluding carboxylic acids is 1. The van der Waals surface area contributed by atoms with E-state index in [0.717, 1.165) is 36.7 Å². The second kappa shape index (κ2) is 6.94. The summed E-state index contributed by atoms with van der Waals surface area (Å²) in [6, 6.07) is 9.69. The van der Waals surface area contributed by atoms with Crippen LogP contribution in [0.1, 0.15) is 16.5 Å². The maximum atomic E-state index is 12.5. The van der Waals surface area contributed by atoms with Crippen molar-refractivity contribution >= 4 is 34.8 Å². The molecular weight excluding hydrogens is 344 g/mol. The summed E-state index contributed by atoms with van der Waals surface area (Å²) in [4.78, 5) is 15.8. The Kier molecular flexibility index (Phi) is 4.53. The number of hydrogen-bond donors (Lipinski definition) is 1. The highest BCUT2D eigenvalue weighted by Crippen LogP contribution is 2.37. The molecule has 3 heterocycles. The van der Waals surface area contributed by atoms with Crippen molar-refractivity contribution in [2.24, 2.45) is 0 Å². The van der Waals surface area contributed by atoms with Gasteiger partial charge < -0.3 is 19.7 Å². The van der Waals surface area contributed by atoms with Gasteiger partial charge in [-0.15, -0.1) is 11.3 Å². The lowest BCUT2D eigenvalue weighted by Gasteiger charge is -2.20. The predicted octanol–water partition coefficient (Wildman–Crippen LogP) is 4.19. The highest BCUT2D eigenvalue weighted by Gasteiger charge is 2.23. The number of thiophene rings is 1. The number of rotatable bonds is 2. The summed E-state index contributed by atoms with van der Waals surface area (Å²) >= 11 is 3.73. The smallest absolute Gasteiger partial charge is 0.321 e. The maximum Gasteiger partial charge on any atom is 0.321 e. The van der Waals surface area contributed by atoms with E-state index in [-0.39, 0.29) is 12.8 Å². The quantitative estimate of drug-likeness (QED) is 0.870. The lowest BCUT2D eigenvalue weighted by molar-refractivity contribution is 0.174. The molecule has 1 unspecified atom stereocenters. The third-order valence-electron chi connectivity index (χ3n) is 4.11. The third-order valence-corrected chi connectivity index (χ3v) is 6.56. The molecule has 2 aliphatic rings. The molecule has 0 spiro atoms. The molecule has 1 fully saturated rings. The fourth-order valence-electron chi connectivity index (χ4n) is 2.85. The standard InChI is InChI=1S/C17H18N2O3S2/c20-17(18-12-3-4-13-14(10-12)22-11-21-13)19-6-5-16(24-9-7-19)15-2-1-8-23-15/h1-4,8,10,16H,5-7,9,11H2,(H,18,20). The SMILES string of the molecule is O=C(Nc1ccc2c(c1)OCO2)N1CCSC(c2cccs2)CC1. The van der Waals surface area contributed by atoms with Gasteiger partial charge in [0.05, 0.1) is 0 Å². The van der Waals surface area contributed by atoms with Crippen molar-refractivity contribution in [1.29, 1.82) is 0 Å². The summed E-state index contributed by atoms with van der Waals surface area (Å²) in [5.74, 6) is 2.35. The highest BCUT2D eigenvalue weighted by atomic mass is 32.2. The average molecular weight is 362 g/mol. The predicted molar refractivity (Wildman–Crippen MR) is 97.3 cm³/mol. The van der Waals surface area contributed by atoms with Gasteiger partial charge in [0, 0.05) is 40.7 Å². The van der Waals surface area contributed by atoms with Crippen molar-refractivity contribution in [3.63, 3.8) is 0 Å². The number of nitrogens with one attached hydrogen (secondary N) is 1. The van der Waals surface area contributed by atoms with Crippen molar-refractivity contribution in [3.8, 4) is 11.5 Å². The summed E-state index contributed by atoms with van der Waals surface area (Å²) in [6.07, 6.45) is 0.986. The number of benzene rings is 1. The molecule has 0 radical (unpaired) electrons. The Labute approximate surface area is 148 Å². The lowest BCUT2D eigenvalue weighted by atomic mass is 10.2. The Morgan fingerprint density at radius 2 is 2.12 bits per heavy atom. The van der Waals surface area contributed by atoms with Crippen LogP contribution in [-0.4, -0.2) is 36.6 Å². The van der Waals surface area contributed by atoms with E-state index in [1.54, 1.807) is 17.4 Å².